The molecule has 2 rings (SSSR count). The number of carbonyl (C=O) groups is 1. The van der Waals surface area contributed by atoms with Gasteiger partial charge in [-0.05, 0) is 25.3 Å². The molecule has 0 spiro atoms. The maximum absolute atomic E-state index is 12.1. The van der Waals surface area contributed by atoms with Gasteiger partial charge in [0.25, 0.3) is 5.91 Å². The highest BCUT2D eigenvalue weighted by Gasteiger charge is 2.19. The van der Waals surface area contributed by atoms with E-state index >= 15 is 0 Å². The summed E-state index contributed by atoms with van der Waals surface area (Å²) in [7, 11) is 1.61. The van der Waals surface area contributed by atoms with E-state index in [-0.39, 0.29) is 5.91 Å². The number of ether oxygens (including phenoxy) is 1. The molecule has 5 heteroatoms. The maximum Gasteiger partial charge on any atom is 0.270 e. The number of halogens is 1. The third-order valence-corrected chi connectivity index (χ3v) is 3.44. The summed E-state index contributed by atoms with van der Waals surface area (Å²) >= 11 is 6.11. The fourth-order valence-electron chi connectivity index (χ4n) is 1.73. The number of nitrogens with zero attached hydrogens (tertiary/aromatic N) is 1. The van der Waals surface area contributed by atoms with Crippen molar-refractivity contribution >= 4 is 28.3 Å². The number of benzene rings is 1. The summed E-state index contributed by atoms with van der Waals surface area (Å²) in [6, 6.07) is 9.29. The number of pyridine rings is 1. The van der Waals surface area contributed by atoms with Crippen LogP contribution in [0.4, 0.5) is 0 Å². The minimum absolute atomic E-state index is 0.261. The van der Waals surface area contributed by atoms with Crippen LogP contribution in [0.2, 0.25) is 5.15 Å². The van der Waals surface area contributed by atoms with Gasteiger partial charge in [0, 0.05) is 19.0 Å². The first-order valence-electron chi connectivity index (χ1n) is 6.31. The van der Waals surface area contributed by atoms with Gasteiger partial charge in [-0.1, -0.05) is 35.9 Å². The van der Waals surface area contributed by atoms with Crippen LogP contribution in [-0.4, -0.2) is 30.1 Å². The van der Waals surface area contributed by atoms with Crippen molar-refractivity contribution in [2.24, 2.45) is 0 Å². The molecule has 20 heavy (non-hydrogen) atoms. The summed E-state index contributed by atoms with van der Waals surface area (Å²) in [5.74, 6) is -0.261. The highest BCUT2D eigenvalue weighted by molar-refractivity contribution is 6.34. The van der Waals surface area contributed by atoms with Crippen molar-refractivity contribution in [2.75, 3.05) is 13.7 Å². The number of rotatable bonds is 4. The van der Waals surface area contributed by atoms with Crippen molar-refractivity contribution in [3.63, 3.8) is 0 Å². The molecule has 2 aromatic rings. The van der Waals surface area contributed by atoms with Gasteiger partial charge < -0.3 is 10.1 Å². The van der Waals surface area contributed by atoms with E-state index in [4.69, 9.17) is 16.3 Å². The Balaban J connectivity index is 2.23. The average molecular weight is 293 g/mol. The van der Waals surface area contributed by atoms with E-state index in [2.05, 4.69) is 10.3 Å². The Morgan fingerprint density at radius 1 is 1.40 bits per heavy atom. The molecule has 1 heterocycles. The van der Waals surface area contributed by atoms with Gasteiger partial charge in [-0.3, -0.25) is 4.79 Å². The summed E-state index contributed by atoms with van der Waals surface area (Å²) in [6.07, 6.45) is 0. The second kappa shape index (κ2) is 5.77. The predicted molar refractivity (Wildman–Crippen MR) is 80.2 cm³/mol. The number of fused-ring (bicyclic) bond motifs is 1. The Morgan fingerprint density at radius 3 is 2.80 bits per heavy atom. The molecule has 0 bridgehead atoms. The SMILES string of the molecule is COC(C)(C)CNC(=O)c1cc2ccccc2c(Cl)n1. The second-order valence-corrected chi connectivity index (χ2v) is 5.52. The molecule has 4 nitrogen and oxygen atoms in total. The molecular weight excluding hydrogens is 276 g/mol. The molecule has 0 unspecified atom stereocenters. The zero-order chi connectivity index (χ0) is 14.8. The number of methoxy groups -OCH3 is 1. The first-order chi connectivity index (χ1) is 9.43. The topological polar surface area (TPSA) is 51.2 Å². The Labute approximate surface area is 123 Å². The number of aromatic nitrogens is 1. The molecule has 0 aliphatic heterocycles. The van der Waals surface area contributed by atoms with Gasteiger partial charge in [0.2, 0.25) is 0 Å². The van der Waals surface area contributed by atoms with Crippen LogP contribution in [0, 0.1) is 0 Å². The van der Waals surface area contributed by atoms with Crippen molar-refractivity contribution in [1.29, 1.82) is 0 Å². The average Bonchev–Trinajstić information content (AvgIpc) is 2.45. The van der Waals surface area contributed by atoms with E-state index in [1.54, 1.807) is 13.2 Å². The van der Waals surface area contributed by atoms with E-state index < -0.39 is 5.60 Å². The predicted octanol–water partition coefficient (Wildman–Crippen LogP) is 3.04. The van der Waals surface area contributed by atoms with Crippen LogP contribution in [0.15, 0.2) is 30.3 Å². The Morgan fingerprint density at radius 2 is 2.10 bits per heavy atom. The largest absolute Gasteiger partial charge is 0.377 e. The molecule has 0 aliphatic carbocycles. The zero-order valence-electron chi connectivity index (χ0n) is 11.7. The quantitative estimate of drug-likeness (QED) is 0.881. The third kappa shape index (κ3) is 3.26. The molecule has 0 saturated heterocycles. The lowest BCUT2D eigenvalue weighted by Crippen LogP contribution is -2.40. The van der Waals surface area contributed by atoms with Gasteiger partial charge in [0.05, 0.1) is 5.60 Å². The summed E-state index contributed by atoms with van der Waals surface area (Å²) in [6.45, 7) is 4.19. The van der Waals surface area contributed by atoms with Crippen LogP contribution < -0.4 is 5.32 Å². The summed E-state index contributed by atoms with van der Waals surface area (Å²) in [5.41, 5.74) is -0.114. The molecule has 0 saturated carbocycles. The lowest BCUT2D eigenvalue weighted by molar-refractivity contribution is 0.0228. The Bertz CT molecular complexity index is 641. The molecule has 1 aromatic carbocycles. The first kappa shape index (κ1) is 14.8. The van der Waals surface area contributed by atoms with E-state index in [0.29, 0.717) is 17.4 Å². The van der Waals surface area contributed by atoms with Gasteiger partial charge in [-0.2, -0.15) is 0 Å². The van der Waals surface area contributed by atoms with Crippen LogP contribution in [0.25, 0.3) is 10.8 Å². The highest BCUT2D eigenvalue weighted by atomic mass is 35.5. The molecule has 1 aromatic heterocycles. The van der Waals surface area contributed by atoms with Gasteiger partial charge in [-0.15, -0.1) is 0 Å². The third-order valence-electron chi connectivity index (χ3n) is 3.15. The normalized spacial score (nSPS) is 11.6. The van der Waals surface area contributed by atoms with Gasteiger partial charge >= 0.3 is 0 Å². The fraction of sp³-hybridized carbons (Fsp3) is 0.333. The van der Waals surface area contributed by atoms with Gasteiger partial charge in [-0.25, -0.2) is 4.98 Å². The van der Waals surface area contributed by atoms with E-state index in [9.17, 15) is 4.79 Å². The van der Waals surface area contributed by atoms with Gasteiger partial charge in [0.1, 0.15) is 10.8 Å². The number of hydrogen-bond donors (Lipinski definition) is 1. The fourth-order valence-corrected chi connectivity index (χ4v) is 1.99. The smallest absolute Gasteiger partial charge is 0.270 e. The lowest BCUT2D eigenvalue weighted by atomic mass is 10.1. The number of nitrogens with one attached hydrogen (secondary N) is 1. The molecular formula is C15H17ClN2O2. The molecule has 106 valence electrons. The van der Waals surface area contributed by atoms with Crippen molar-refractivity contribution in [2.45, 2.75) is 19.4 Å². The van der Waals surface area contributed by atoms with E-state index in [0.717, 1.165) is 10.8 Å². The zero-order valence-corrected chi connectivity index (χ0v) is 12.5. The lowest BCUT2D eigenvalue weighted by Gasteiger charge is -2.22. The van der Waals surface area contributed by atoms with Crippen molar-refractivity contribution < 1.29 is 9.53 Å². The maximum atomic E-state index is 12.1. The van der Waals surface area contributed by atoms with Crippen molar-refractivity contribution in [1.82, 2.24) is 10.3 Å². The van der Waals surface area contributed by atoms with Crippen LogP contribution >= 0.6 is 11.6 Å². The molecule has 0 atom stereocenters. The van der Waals surface area contributed by atoms with Crippen molar-refractivity contribution in [3.8, 4) is 0 Å². The van der Waals surface area contributed by atoms with E-state index in [1.165, 1.54) is 0 Å². The monoisotopic (exact) mass is 292 g/mol. The molecule has 1 amide bonds. The summed E-state index contributed by atoms with van der Waals surface area (Å²) < 4.78 is 5.26. The molecule has 1 N–H and O–H groups in total. The molecule has 0 fully saturated rings. The Kier molecular flexibility index (Phi) is 4.26. The standard InChI is InChI=1S/C15H17ClN2O2/c1-15(2,20-3)9-17-14(19)12-8-10-6-4-5-7-11(10)13(16)18-12/h4-8H,9H2,1-3H3,(H,17,19). The second-order valence-electron chi connectivity index (χ2n) is 5.17. The highest BCUT2D eigenvalue weighted by Crippen LogP contribution is 2.22. The summed E-state index contributed by atoms with van der Waals surface area (Å²) in [5, 5.41) is 4.86. The van der Waals surface area contributed by atoms with Crippen LogP contribution in [0.3, 0.4) is 0 Å². The first-order valence-corrected chi connectivity index (χ1v) is 6.69. The minimum atomic E-state index is -0.420. The number of carbonyl (C=O) groups excluding carboxylic acids is 1. The molecule has 0 radical (unpaired) electrons. The van der Waals surface area contributed by atoms with Crippen LogP contribution in [-0.2, 0) is 4.74 Å². The summed E-state index contributed by atoms with van der Waals surface area (Å²) in [4.78, 5) is 16.3. The Hall–Kier alpha value is -1.65. The van der Waals surface area contributed by atoms with Crippen LogP contribution in [0.1, 0.15) is 24.3 Å². The number of hydrogen-bond acceptors (Lipinski definition) is 3. The number of amides is 1. The van der Waals surface area contributed by atoms with E-state index in [1.807, 2.05) is 38.1 Å². The minimum Gasteiger partial charge on any atom is -0.377 e. The van der Waals surface area contributed by atoms with Gasteiger partial charge in [0.15, 0.2) is 0 Å². The molecule has 0 aliphatic rings. The van der Waals surface area contributed by atoms with Crippen molar-refractivity contribution in [3.05, 3.63) is 41.2 Å². The van der Waals surface area contributed by atoms with Crippen LogP contribution in [0.5, 0.6) is 0 Å².